The monoisotopic (exact) mass is 298 g/mol. The lowest BCUT2D eigenvalue weighted by molar-refractivity contribution is 0.112. The standard InChI is InChI=1S/C16H24ClFN2/c1-4-11(2)16-10-20(12(3)8-19-16)9-13-7-14(18)5-6-15(13)17/h5-7,11-12,16,19H,4,8-10H2,1-3H3. The average molecular weight is 299 g/mol. The molecule has 0 aromatic heterocycles. The Morgan fingerprint density at radius 3 is 2.95 bits per heavy atom. The van der Waals surface area contributed by atoms with Gasteiger partial charge in [0.05, 0.1) is 0 Å². The van der Waals surface area contributed by atoms with Crippen molar-refractivity contribution in [2.45, 2.75) is 45.8 Å². The molecule has 2 nitrogen and oxygen atoms in total. The van der Waals surface area contributed by atoms with Crippen LogP contribution in [0.1, 0.15) is 32.8 Å². The third-order valence-electron chi connectivity index (χ3n) is 4.44. The van der Waals surface area contributed by atoms with Crippen molar-refractivity contribution in [2.75, 3.05) is 13.1 Å². The molecule has 3 unspecified atom stereocenters. The van der Waals surface area contributed by atoms with Crippen LogP contribution in [0.15, 0.2) is 18.2 Å². The molecule has 1 N–H and O–H groups in total. The fourth-order valence-corrected chi connectivity index (χ4v) is 2.89. The van der Waals surface area contributed by atoms with Gasteiger partial charge in [0.25, 0.3) is 0 Å². The average Bonchev–Trinajstić information content (AvgIpc) is 2.44. The zero-order chi connectivity index (χ0) is 14.7. The number of rotatable bonds is 4. The molecule has 4 heteroatoms. The fourth-order valence-electron chi connectivity index (χ4n) is 2.72. The van der Waals surface area contributed by atoms with Gasteiger partial charge in [0, 0.05) is 36.7 Å². The van der Waals surface area contributed by atoms with Gasteiger partial charge in [-0.15, -0.1) is 0 Å². The topological polar surface area (TPSA) is 15.3 Å². The lowest BCUT2D eigenvalue weighted by Gasteiger charge is -2.41. The summed E-state index contributed by atoms with van der Waals surface area (Å²) in [5.41, 5.74) is 0.878. The van der Waals surface area contributed by atoms with Crippen LogP contribution >= 0.6 is 11.6 Å². The highest BCUT2D eigenvalue weighted by atomic mass is 35.5. The number of piperazine rings is 1. The normalized spacial score (nSPS) is 25.6. The number of hydrogen-bond acceptors (Lipinski definition) is 2. The highest BCUT2D eigenvalue weighted by molar-refractivity contribution is 6.31. The fraction of sp³-hybridized carbons (Fsp3) is 0.625. The quantitative estimate of drug-likeness (QED) is 0.912. The Balaban J connectivity index is 2.08. The highest BCUT2D eigenvalue weighted by Gasteiger charge is 2.28. The predicted molar refractivity (Wildman–Crippen MR) is 82.5 cm³/mol. The largest absolute Gasteiger partial charge is 0.311 e. The second-order valence-electron chi connectivity index (χ2n) is 5.91. The number of benzene rings is 1. The molecule has 0 spiro atoms. The number of halogens is 2. The summed E-state index contributed by atoms with van der Waals surface area (Å²) in [5, 5.41) is 4.26. The lowest BCUT2D eigenvalue weighted by atomic mass is 9.95. The number of nitrogens with one attached hydrogen (secondary N) is 1. The molecular weight excluding hydrogens is 275 g/mol. The molecule has 2 rings (SSSR count). The van der Waals surface area contributed by atoms with Crippen molar-refractivity contribution in [3.8, 4) is 0 Å². The van der Waals surface area contributed by atoms with E-state index in [9.17, 15) is 4.39 Å². The summed E-state index contributed by atoms with van der Waals surface area (Å²) in [4.78, 5) is 2.40. The van der Waals surface area contributed by atoms with Gasteiger partial charge in [-0.05, 0) is 36.6 Å². The smallest absolute Gasteiger partial charge is 0.123 e. The van der Waals surface area contributed by atoms with Crippen LogP contribution in [0.2, 0.25) is 5.02 Å². The van der Waals surface area contributed by atoms with E-state index in [1.54, 1.807) is 12.1 Å². The third kappa shape index (κ3) is 3.72. The minimum absolute atomic E-state index is 0.217. The van der Waals surface area contributed by atoms with Crippen LogP contribution in [0.3, 0.4) is 0 Å². The molecular formula is C16H24ClFN2. The molecule has 1 aromatic rings. The van der Waals surface area contributed by atoms with Gasteiger partial charge < -0.3 is 5.32 Å². The SMILES string of the molecule is CCC(C)C1CN(Cc2cc(F)ccc2Cl)C(C)CN1. The molecule has 0 amide bonds. The third-order valence-corrected chi connectivity index (χ3v) is 4.81. The van der Waals surface area contributed by atoms with Crippen molar-refractivity contribution >= 4 is 11.6 Å². The van der Waals surface area contributed by atoms with Crippen molar-refractivity contribution in [3.05, 3.63) is 34.6 Å². The van der Waals surface area contributed by atoms with Crippen LogP contribution in [-0.2, 0) is 6.54 Å². The Morgan fingerprint density at radius 2 is 2.25 bits per heavy atom. The number of nitrogens with zero attached hydrogens (tertiary/aromatic N) is 1. The van der Waals surface area contributed by atoms with Gasteiger partial charge in [0.2, 0.25) is 0 Å². The summed E-state index contributed by atoms with van der Waals surface area (Å²) in [6.45, 7) is 9.38. The van der Waals surface area contributed by atoms with E-state index >= 15 is 0 Å². The summed E-state index contributed by atoms with van der Waals surface area (Å²) in [7, 11) is 0. The molecule has 112 valence electrons. The molecule has 0 saturated carbocycles. The van der Waals surface area contributed by atoms with Crippen LogP contribution in [0.25, 0.3) is 0 Å². The molecule has 1 aliphatic heterocycles. The molecule has 1 fully saturated rings. The van der Waals surface area contributed by atoms with Crippen LogP contribution in [0.5, 0.6) is 0 Å². The van der Waals surface area contributed by atoms with Crippen LogP contribution in [0, 0.1) is 11.7 Å². The van der Waals surface area contributed by atoms with E-state index in [-0.39, 0.29) is 5.82 Å². The van der Waals surface area contributed by atoms with Gasteiger partial charge in [-0.25, -0.2) is 4.39 Å². The summed E-state index contributed by atoms with van der Waals surface area (Å²) >= 11 is 6.18. The van der Waals surface area contributed by atoms with Gasteiger partial charge in [0.1, 0.15) is 5.82 Å². The van der Waals surface area contributed by atoms with Gasteiger partial charge in [-0.2, -0.15) is 0 Å². The van der Waals surface area contributed by atoms with E-state index in [1.807, 2.05) is 0 Å². The minimum Gasteiger partial charge on any atom is -0.311 e. The molecule has 1 saturated heterocycles. The Bertz CT molecular complexity index is 452. The Labute approximate surface area is 126 Å². The molecule has 1 heterocycles. The maximum atomic E-state index is 13.4. The zero-order valence-electron chi connectivity index (χ0n) is 12.5. The maximum absolute atomic E-state index is 13.4. The maximum Gasteiger partial charge on any atom is 0.123 e. The Morgan fingerprint density at radius 1 is 1.50 bits per heavy atom. The van der Waals surface area contributed by atoms with Crippen LogP contribution < -0.4 is 5.32 Å². The summed E-state index contributed by atoms with van der Waals surface area (Å²) < 4.78 is 13.4. The Kier molecular flexibility index (Phi) is 5.42. The minimum atomic E-state index is -0.217. The predicted octanol–water partition coefficient (Wildman–Crippen LogP) is 3.69. The van der Waals surface area contributed by atoms with E-state index < -0.39 is 0 Å². The van der Waals surface area contributed by atoms with Gasteiger partial charge in [-0.1, -0.05) is 31.9 Å². The van der Waals surface area contributed by atoms with E-state index in [4.69, 9.17) is 11.6 Å². The molecule has 0 radical (unpaired) electrons. The summed E-state index contributed by atoms with van der Waals surface area (Å²) in [6, 6.07) is 5.55. The molecule has 0 aliphatic carbocycles. The molecule has 1 aromatic carbocycles. The lowest BCUT2D eigenvalue weighted by Crippen LogP contribution is -2.56. The summed E-state index contributed by atoms with van der Waals surface area (Å²) in [6.07, 6.45) is 1.17. The van der Waals surface area contributed by atoms with E-state index in [1.165, 1.54) is 12.5 Å². The number of hydrogen-bond donors (Lipinski definition) is 1. The molecule has 20 heavy (non-hydrogen) atoms. The van der Waals surface area contributed by atoms with Crippen LogP contribution in [0.4, 0.5) is 4.39 Å². The van der Waals surface area contributed by atoms with Gasteiger partial charge >= 0.3 is 0 Å². The molecule has 3 atom stereocenters. The molecule has 0 bridgehead atoms. The Hall–Kier alpha value is -0.640. The van der Waals surface area contributed by atoms with E-state index in [2.05, 4.69) is 31.0 Å². The van der Waals surface area contributed by atoms with Gasteiger partial charge in [0.15, 0.2) is 0 Å². The summed E-state index contributed by atoms with van der Waals surface area (Å²) in [5.74, 6) is 0.429. The van der Waals surface area contributed by atoms with Crippen molar-refractivity contribution in [2.24, 2.45) is 5.92 Å². The first kappa shape index (κ1) is 15.7. The van der Waals surface area contributed by atoms with Gasteiger partial charge in [-0.3, -0.25) is 4.90 Å². The highest BCUT2D eigenvalue weighted by Crippen LogP contribution is 2.22. The van der Waals surface area contributed by atoms with E-state index in [0.717, 1.165) is 18.7 Å². The second kappa shape index (κ2) is 6.88. The molecule has 1 aliphatic rings. The van der Waals surface area contributed by atoms with E-state index in [0.29, 0.717) is 29.6 Å². The second-order valence-corrected chi connectivity index (χ2v) is 6.32. The van der Waals surface area contributed by atoms with Crippen molar-refractivity contribution in [1.82, 2.24) is 10.2 Å². The first-order valence-corrected chi connectivity index (χ1v) is 7.80. The first-order valence-electron chi connectivity index (χ1n) is 7.42. The van der Waals surface area contributed by atoms with Crippen molar-refractivity contribution in [3.63, 3.8) is 0 Å². The first-order chi connectivity index (χ1) is 9.51. The van der Waals surface area contributed by atoms with Crippen LogP contribution in [-0.4, -0.2) is 30.1 Å². The van der Waals surface area contributed by atoms with Crippen molar-refractivity contribution < 1.29 is 4.39 Å². The zero-order valence-corrected chi connectivity index (χ0v) is 13.3. The van der Waals surface area contributed by atoms with Crippen molar-refractivity contribution in [1.29, 1.82) is 0 Å².